The minimum atomic E-state index is -3.78. The average Bonchev–Trinajstić information content (AvgIpc) is 3.07. The van der Waals surface area contributed by atoms with E-state index in [9.17, 15) is 18.0 Å². The molecule has 4 rings (SSSR count). The largest absolute Gasteiger partial charge is 0.326 e. The van der Waals surface area contributed by atoms with Gasteiger partial charge in [0.05, 0.1) is 10.6 Å². The Morgan fingerprint density at radius 2 is 1.85 bits per heavy atom. The van der Waals surface area contributed by atoms with Gasteiger partial charge >= 0.3 is 0 Å². The van der Waals surface area contributed by atoms with Gasteiger partial charge in [-0.3, -0.25) is 14.3 Å². The third-order valence-corrected chi connectivity index (χ3v) is 6.14. The van der Waals surface area contributed by atoms with E-state index >= 15 is 0 Å². The van der Waals surface area contributed by atoms with Crippen LogP contribution >= 0.6 is 0 Å². The Morgan fingerprint density at radius 3 is 2.63 bits per heavy atom. The van der Waals surface area contributed by atoms with Crippen molar-refractivity contribution >= 4 is 38.9 Å². The number of anilines is 3. The molecular weight excluding hydrogens is 366 g/mol. The summed E-state index contributed by atoms with van der Waals surface area (Å²) in [7, 11) is -3.78. The molecule has 0 saturated carbocycles. The Balaban J connectivity index is 1.59. The second kappa shape index (κ2) is 6.70. The topological polar surface area (TPSA) is 95.6 Å². The molecule has 0 aromatic heterocycles. The van der Waals surface area contributed by atoms with E-state index in [0.29, 0.717) is 42.9 Å². The summed E-state index contributed by atoms with van der Waals surface area (Å²) in [6, 6.07) is 11.5. The Labute approximate surface area is 157 Å². The van der Waals surface area contributed by atoms with Gasteiger partial charge in [-0.2, -0.15) is 0 Å². The van der Waals surface area contributed by atoms with Crippen LogP contribution in [-0.2, 0) is 26.0 Å². The van der Waals surface area contributed by atoms with Gasteiger partial charge in [-0.05, 0) is 54.8 Å². The number of hydrogen-bond acceptors (Lipinski definition) is 4. The number of amides is 2. The van der Waals surface area contributed by atoms with Gasteiger partial charge < -0.3 is 10.2 Å². The summed E-state index contributed by atoms with van der Waals surface area (Å²) < 4.78 is 28.1. The van der Waals surface area contributed by atoms with Crippen LogP contribution in [0.5, 0.6) is 0 Å². The zero-order chi connectivity index (χ0) is 19.0. The highest BCUT2D eigenvalue weighted by atomic mass is 32.2. The van der Waals surface area contributed by atoms with E-state index in [-0.39, 0.29) is 16.7 Å². The molecule has 1 fully saturated rings. The molecule has 0 unspecified atom stereocenters. The summed E-state index contributed by atoms with van der Waals surface area (Å²) >= 11 is 0. The highest BCUT2D eigenvalue weighted by Gasteiger charge is 2.23. The first kappa shape index (κ1) is 17.5. The first-order valence-electron chi connectivity index (χ1n) is 8.78. The van der Waals surface area contributed by atoms with E-state index in [1.54, 1.807) is 41.3 Å². The molecule has 2 N–H and O–H groups in total. The lowest BCUT2D eigenvalue weighted by Crippen LogP contribution is -2.23. The number of nitrogens with one attached hydrogen (secondary N) is 2. The van der Waals surface area contributed by atoms with Gasteiger partial charge in [0, 0.05) is 30.8 Å². The van der Waals surface area contributed by atoms with Gasteiger partial charge in [-0.1, -0.05) is 6.07 Å². The van der Waals surface area contributed by atoms with Crippen LogP contribution in [0.3, 0.4) is 0 Å². The maximum absolute atomic E-state index is 12.8. The molecule has 0 atom stereocenters. The Bertz CT molecular complexity index is 1030. The van der Waals surface area contributed by atoms with Crippen molar-refractivity contribution in [2.75, 3.05) is 21.5 Å². The summed E-state index contributed by atoms with van der Waals surface area (Å²) in [5.41, 5.74) is 2.54. The maximum Gasteiger partial charge on any atom is 0.261 e. The number of aryl methyl sites for hydroxylation is 1. The monoisotopic (exact) mass is 385 g/mol. The molecule has 2 aromatic rings. The van der Waals surface area contributed by atoms with Gasteiger partial charge in [-0.15, -0.1) is 0 Å². The fraction of sp³-hybridized carbons (Fsp3) is 0.263. The van der Waals surface area contributed by atoms with Crippen LogP contribution in [0.15, 0.2) is 47.4 Å². The molecule has 1 saturated heterocycles. The van der Waals surface area contributed by atoms with E-state index in [4.69, 9.17) is 0 Å². The van der Waals surface area contributed by atoms with Crippen LogP contribution < -0.4 is 14.9 Å². The Hall–Kier alpha value is -2.87. The molecule has 2 aromatic carbocycles. The minimum Gasteiger partial charge on any atom is -0.326 e. The number of rotatable bonds is 4. The number of carbonyl (C=O) groups is 2. The first-order chi connectivity index (χ1) is 12.9. The molecular formula is C19H19N3O4S. The fourth-order valence-electron chi connectivity index (χ4n) is 3.40. The molecule has 8 heteroatoms. The number of fused-ring (bicyclic) bond motifs is 1. The van der Waals surface area contributed by atoms with Gasteiger partial charge in [0.25, 0.3) is 10.0 Å². The molecule has 140 valence electrons. The molecule has 7 nitrogen and oxygen atoms in total. The van der Waals surface area contributed by atoms with E-state index in [1.807, 2.05) is 0 Å². The quantitative estimate of drug-likeness (QED) is 0.845. The molecule has 0 spiro atoms. The Morgan fingerprint density at radius 1 is 1.00 bits per heavy atom. The van der Waals surface area contributed by atoms with Gasteiger partial charge in [0.2, 0.25) is 11.8 Å². The number of nitrogens with zero attached hydrogens (tertiary/aromatic N) is 1. The van der Waals surface area contributed by atoms with Gasteiger partial charge in [0.15, 0.2) is 0 Å². The molecule has 2 heterocycles. The van der Waals surface area contributed by atoms with Crippen molar-refractivity contribution in [3.05, 3.63) is 48.0 Å². The summed E-state index contributed by atoms with van der Waals surface area (Å²) in [5.74, 6) is -0.0174. The molecule has 27 heavy (non-hydrogen) atoms. The molecule has 0 bridgehead atoms. The van der Waals surface area contributed by atoms with E-state index in [0.717, 1.165) is 12.0 Å². The predicted octanol–water partition coefficient (Wildman–Crippen LogP) is 2.50. The minimum absolute atomic E-state index is 0.0479. The fourth-order valence-corrected chi connectivity index (χ4v) is 4.50. The van der Waals surface area contributed by atoms with Crippen molar-refractivity contribution in [2.24, 2.45) is 0 Å². The summed E-state index contributed by atoms with van der Waals surface area (Å²) in [4.78, 5) is 25.2. The predicted molar refractivity (Wildman–Crippen MR) is 102 cm³/mol. The highest BCUT2D eigenvalue weighted by Crippen LogP contribution is 2.28. The molecule has 0 aliphatic carbocycles. The average molecular weight is 385 g/mol. The van der Waals surface area contributed by atoms with Crippen molar-refractivity contribution in [3.8, 4) is 0 Å². The highest BCUT2D eigenvalue weighted by molar-refractivity contribution is 7.92. The van der Waals surface area contributed by atoms with Crippen molar-refractivity contribution in [1.82, 2.24) is 0 Å². The summed E-state index contributed by atoms with van der Waals surface area (Å²) in [6.07, 6.45) is 2.18. The normalized spacial score (nSPS) is 16.8. The first-order valence-corrected chi connectivity index (χ1v) is 10.3. The second-order valence-electron chi connectivity index (χ2n) is 6.67. The third kappa shape index (κ3) is 3.52. The van der Waals surface area contributed by atoms with Crippen molar-refractivity contribution < 1.29 is 18.0 Å². The number of benzene rings is 2. The van der Waals surface area contributed by atoms with E-state index < -0.39 is 10.0 Å². The molecule has 2 amide bonds. The number of hydrogen-bond donors (Lipinski definition) is 2. The molecule has 0 radical (unpaired) electrons. The third-order valence-electron chi connectivity index (χ3n) is 4.77. The number of carbonyl (C=O) groups excluding carboxylic acids is 2. The second-order valence-corrected chi connectivity index (χ2v) is 8.35. The van der Waals surface area contributed by atoms with Crippen molar-refractivity contribution in [1.29, 1.82) is 0 Å². The standard InChI is InChI=1S/C19H19N3O4S/c23-18-9-6-13-11-16(7-8-17(13)20-18)27(25,26)21-14-3-1-4-15(12-14)22-10-2-5-19(22)24/h1,3-4,7-8,11-12,21H,2,5-6,9-10H2,(H,20,23). The summed E-state index contributed by atoms with van der Waals surface area (Å²) in [5, 5.41) is 2.74. The lowest BCUT2D eigenvalue weighted by Gasteiger charge is -2.19. The SMILES string of the molecule is O=C1CCc2cc(S(=O)(=O)Nc3cccc(N4CCCC4=O)c3)ccc2N1. The lowest BCUT2D eigenvalue weighted by molar-refractivity contribution is -0.117. The number of sulfonamides is 1. The summed E-state index contributed by atoms with van der Waals surface area (Å²) in [6.45, 7) is 0.644. The zero-order valence-electron chi connectivity index (χ0n) is 14.6. The zero-order valence-corrected chi connectivity index (χ0v) is 15.4. The van der Waals surface area contributed by atoms with E-state index in [2.05, 4.69) is 10.0 Å². The van der Waals surface area contributed by atoms with Gasteiger partial charge in [-0.25, -0.2) is 8.42 Å². The molecule has 2 aliphatic heterocycles. The Kier molecular flexibility index (Phi) is 4.35. The van der Waals surface area contributed by atoms with Crippen LogP contribution in [-0.4, -0.2) is 26.8 Å². The van der Waals surface area contributed by atoms with Crippen LogP contribution in [0, 0.1) is 0 Å². The lowest BCUT2D eigenvalue weighted by atomic mass is 10.0. The van der Waals surface area contributed by atoms with Crippen LogP contribution in [0.1, 0.15) is 24.8 Å². The van der Waals surface area contributed by atoms with Crippen LogP contribution in [0.2, 0.25) is 0 Å². The smallest absolute Gasteiger partial charge is 0.261 e. The van der Waals surface area contributed by atoms with Crippen molar-refractivity contribution in [3.63, 3.8) is 0 Å². The maximum atomic E-state index is 12.8. The van der Waals surface area contributed by atoms with Crippen LogP contribution in [0.25, 0.3) is 0 Å². The van der Waals surface area contributed by atoms with Gasteiger partial charge in [0.1, 0.15) is 0 Å². The molecule has 2 aliphatic rings. The van der Waals surface area contributed by atoms with Crippen LogP contribution in [0.4, 0.5) is 17.1 Å². The van der Waals surface area contributed by atoms with Crippen molar-refractivity contribution in [2.45, 2.75) is 30.6 Å². The van der Waals surface area contributed by atoms with E-state index in [1.165, 1.54) is 6.07 Å².